The molecular weight excluding hydrogens is 382 g/mol. The van der Waals surface area contributed by atoms with E-state index in [-0.39, 0.29) is 6.61 Å². The van der Waals surface area contributed by atoms with Crippen molar-refractivity contribution in [3.8, 4) is 17.0 Å². The van der Waals surface area contributed by atoms with Gasteiger partial charge in [0.2, 0.25) is 5.95 Å². The molecule has 0 amide bonds. The van der Waals surface area contributed by atoms with Gasteiger partial charge in [-0.1, -0.05) is 12.1 Å². The van der Waals surface area contributed by atoms with Gasteiger partial charge >= 0.3 is 0 Å². The maximum Gasteiger partial charge on any atom is 0.227 e. The van der Waals surface area contributed by atoms with E-state index in [9.17, 15) is 5.11 Å². The van der Waals surface area contributed by atoms with Crippen LogP contribution in [0.15, 0.2) is 30.3 Å². The zero-order chi connectivity index (χ0) is 21.5. The highest BCUT2D eigenvalue weighted by molar-refractivity contribution is 5.66. The summed E-state index contributed by atoms with van der Waals surface area (Å²) in [6, 6.07) is 10.1. The van der Waals surface area contributed by atoms with Crippen LogP contribution in [0.3, 0.4) is 0 Å². The number of aliphatic hydroxyl groups is 1. The Morgan fingerprint density at radius 1 is 1.20 bits per heavy atom. The number of hydrogen-bond donors (Lipinski definition) is 2. The summed E-state index contributed by atoms with van der Waals surface area (Å²) >= 11 is 0. The average Bonchev–Trinajstić information content (AvgIpc) is 2.78. The van der Waals surface area contributed by atoms with Gasteiger partial charge < -0.3 is 29.7 Å². The smallest absolute Gasteiger partial charge is 0.227 e. The van der Waals surface area contributed by atoms with Crippen LogP contribution >= 0.6 is 0 Å². The number of nitrogens with one attached hydrogen (secondary N) is 1. The maximum atomic E-state index is 9.89. The molecule has 1 saturated heterocycles. The van der Waals surface area contributed by atoms with Gasteiger partial charge in [-0.15, -0.1) is 0 Å². The fourth-order valence-corrected chi connectivity index (χ4v) is 3.42. The van der Waals surface area contributed by atoms with E-state index >= 15 is 0 Å². The Kier molecular flexibility index (Phi) is 7.84. The minimum atomic E-state index is -0.558. The lowest BCUT2D eigenvalue weighted by atomic mass is 10.1. The van der Waals surface area contributed by atoms with Crippen LogP contribution in [-0.2, 0) is 4.74 Å². The Bertz CT molecular complexity index is 811. The Hall–Kier alpha value is -2.42. The second-order valence-electron chi connectivity index (χ2n) is 7.81. The molecule has 2 N–H and O–H groups in total. The third kappa shape index (κ3) is 5.81. The van der Waals surface area contributed by atoms with Crippen molar-refractivity contribution in [2.75, 3.05) is 64.4 Å². The molecule has 1 aromatic heterocycles. The third-order valence-electron chi connectivity index (χ3n) is 5.22. The molecule has 0 saturated carbocycles. The highest BCUT2D eigenvalue weighted by Crippen LogP contribution is 2.28. The standard InChI is InChI=1S/C22H33N5O3/c1-23-14-18(28)15-30-19-7-5-6-16(12-19)20-13-21(26(2)3)25-22(24-20)27(4)17-8-10-29-11-9-17/h5-7,12-13,17-18,23,28H,8-11,14-15H2,1-4H3. The van der Waals surface area contributed by atoms with Gasteiger partial charge in [0.1, 0.15) is 24.3 Å². The van der Waals surface area contributed by atoms with Crippen LogP contribution in [0.25, 0.3) is 11.3 Å². The number of ether oxygens (including phenoxy) is 2. The van der Waals surface area contributed by atoms with Crippen molar-refractivity contribution in [2.24, 2.45) is 0 Å². The lowest BCUT2D eigenvalue weighted by Gasteiger charge is -2.31. The fraction of sp³-hybridized carbons (Fsp3) is 0.545. The van der Waals surface area contributed by atoms with Crippen molar-refractivity contribution in [1.29, 1.82) is 0 Å². The number of rotatable bonds is 9. The number of benzene rings is 1. The monoisotopic (exact) mass is 415 g/mol. The minimum Gasteiger partial charge on any atom is -0.491 e. The molecule has 2 heterocycles. The summed E-state index contributed by atoms with van der Waals surface area (Å²) in [5.41, 5.74) is 1.78. The minimum absolute atomic E-state index is 0.231. The maximum absolute atomic E-state index is 9.89. The quantitative estimate of drug-likeness (QED) is 0.641. The SMILES string of the molecule is CNCC(O)COc1cccc(-c2cc(N(C)C)nc(N(C)C3CCOCC3)n2)c1. The third-order valence-corrected chi connectivity index (χ3v) is 5.22. The second-order valence-corrected chi connectivity index (χ2v) is 7.81. The van der Waals surface area contributed by atoms with Crippen LogP contribution in [0.2, 0.25) is 0 Å². The van der Waals surface area contributed by atoms with Crippen LogP contribution in [0, 0.1) is 0 Å². The molecule has 3 rings (SSSR count). The van der Waals surface area contributed by atoms with E-state index in [0.717, 1.165) is 43.1 Å². The predicted molar refractivity (Wildman–Crippen MR) is 119 cm³/mol. The molecule has 0 aliphatic carbocycles. The first kappa shape index (κ1) is 22.3. The van der Waals surface area contributed by atoms with Crippen molar-refractivity contribution in [3.63, 3.8) is 0 Å². The van der Waals surface area contributed by atoms with Gasteiger partial charge in [0.05, 0.1) is 5.69 Å². The zero-order valence-electron chi connectivity index (χ0n) is 18.3. The molecule has 1 aliphatic heterocycles. The molecule has 1 fully saturated rings. The fourth-order valence-electron chi connectivity index (χ4n) is 3.42. The molecule has 0 bridgehead atoms. The first-order valence-electron chi connectivity index (χ1n) is 10.4. The van der Waals surface area contributed by atoms with E-state index in [0.29, 0.717) is 24.3 Å². The van der Waals surface area contributed by atoms with E-state index < -0.39 is 6.10 Å². The highest BCUT2D eigenvalue weighted by Gasteiger charge is 2.22. The number of anilines is 2. The van der Waals surface area contributed by atoms with Gasteiger partial charge in [-0.3, -0.25) is 0 Å². The Morgan fingerprint density at radius 3 is 2.67 bits per heavy atom. The lowest BCUT2D eigenvalue weighted by Crippen LogP contribution is -2.37. The summed E-state index contributed by atoms with van der Waals surface area (Å²) in [5, 5.41) is 12.8. The van der Waals surface area contributed by atoms with Gasteiger partial charge in [-0.2, -0.15) is 4.98 Å². The van der Waals surface area contributed by atoms with Crippen LogP contribution in [-0.4, -0.2) is 81.8 Å². The molecule has 1 atom stereocenters. The Balaban J connectivity index is 1.85. The molecule has 1 aromatic carbocycles. The van der Waals surface area contributed by atoms with Gasteiger partial charge in [-0.05, 0) is 32.0 Å². The van der Waals surface area contributed by atoms with Gasteiger partial charge in [0.15, 0.2) is 0 Å². The molecule has 2 aromatic rings. The molecule has 1 unspecified atom stereocenters. The lowest BCUT2D eigenvalue weighted by molar-refractivity contribution is 0.0852. The van der Waals surface area contributed by atoms with Gasteiger partial charge in [-0.25, -0.2) is 4.98 Å². The number of aliphatic hydroxyl groups excluding tert-OH is 1. The van der Waals surface area contributed by atoms with Crippen LogP contribution in [0.5, 0.6) is 5.75 Å². The number of hydrogen-bond acceptors (Lipinski definition) is 8. The number of aromatic nitrogens is 2. The molecular formula is C22H33N5O3. The summed E-state index contributed by atoms with van der Waals surface area (Å²) in [5.74, 6) is 2.26. The average molecular weight is 416 g/mol. The molecule has 30 heavy (non-hydrogen) atoms. The number of nitrogens with zero attached hydrogens (tertiary/aromatic N) is 4. The first-order valence-corrected chi connectivity index (χ1v) is 10.4. The van der Waals surface area contributed by atoms with Crippen molar-refractivity contribution < 1.29 is 14.6 Å². The van der Waals surface area contributed by atoms with Crippen molar-refractivity contribution >= 4 is 11.8 Å². The molecule has 1 aliphatic rings. The van der Waals surface area contributed by atoms with Crippen molar-refractivity contribution in [1.82, 2.24) is 15.3 Å². The van der Waals surface area contributed by atoms with E-state index in [1.165, 1.54) is 0 Å². The van der Waals surface area contributed by atoms with E-state index in [1.807, 2.05) is 49.3 Å². The highest BCUT2D eigenvalue weighted by atomic mass is 16.5. The van der Waals surface area contributed by atoms with Gasteiger partial charge in [0.25, 0.3) is 0 Å². The largest absolute Gasteiger partial charge is 0.491 e. The zero-order valence-corrected chi connectivity index (χ0v) is 18.3. The molecule has 8 nitrogen and oxygen atoms in total. The molecule has 0 radical (unpaired) electrons. The summed E-state index contributed by atoms with van der Waals surface area (Å²) in [4.78, 5) is 13.8. The van der Waals surface area contributed by atoms with Crippen LogP contribution < -0.4 is 19.9 Å². The molecule has 0 spiro atoms. The van der Waals surface area contributed by atoms with E-state index in [1.54, 1.807) is 7.05 Å². The summed E-state index contributed by atoms with van der Waals surface area (Å²) in [7, 11) is 7.81. The summed E-state index contributed by atoms with van der Waals surface area (Å²) in [6.07, 6.45) is 1.39. The van der Waals surface area contributed by atoms with E-state index in [2.05, 4.69) is 17.3 Å². The van der Waals surface area contributed by atoms with Crippen LogP contribution in [0.4, 0.5) is 11.8 Å². The predicted octanol–water partition coefficient (Wildman–Crippen LogP) is 1.78. The van der Waals surface area contributed by atoms with Gasteiger partial charge in [0, 0.05) is 58.6 Å². The number of likely N-dealkylation sites (N-methyl/N-ethyl adjacent to an activating group) is 1. The van der Waals surface area contributed by atoms with E-state index in [4.69, 9.17) is 19.4 Å². The second kappa shape index (κ2) is 10.6. The van der Waals surface area contributed by atoms with Crippen LogP contribution in [0.1, 0.15) is 12.8 Å². The summed E-state index contributed by atoms with van der Waals surface area (Å²) in [6.45, 7) is 2.26. The normalized spacial score (nSPS) is 15.6. The van der Waals surface area contributed by atoms with Crippen molar-refractivity contribution in [2.45, 2.75) is 25.0 Å². The van der Waals surface area contributed by atoms with Crippen molar-refractivity contribution in [3.05, 3.63) is 30.3 Å². The first-order chi connectivity index (χ1) is 14.5. The Labute approximate surface area is 178 Å². The molecule has 164 valence electrons. The Morgan fingerprint density at radius 2 is 1.97 bits per heavy atom. The summed E-state index contributed by atoms with van der Waals surface area (Å²) < 4.78 is 11.3. The topological polar surface area (TPSA) is 83.0 Å². The molecule has 8 heteroatoms.